The second-order valence-electron chi connectivity index (χ2n) is 8.54. The number of aromatic nitrogens is 1. The number of pyridine rings is 1. The number of hydrogen-bond donors (Lipinski definition) is 1. The first-order chi connectivity index (χ1) is 14.1. The lowest BCUT2D eigenvalue weighted by molar-refractivity contribution is 0.0304. The van der Waals surface area contributed by atoms with Gasteiger partial charge in [0.2, 0.25) is 0 Å². The topological polar surface area (TPSA) is 46.6 Å². The zero-order chi connectivity index (χ0) is 20.2. The van der Waals surface area contributed by atoms with Gasteiger partial charge in [-0.15, -0.1) is 0 Å². The van der Waals surface area contributed by atoms with Crippen LogP contribution in [0.4, 0.5) is 5.82 Å². The number of nitrogens with one attached hydrogen (secondary N) is 1. The van der Waals surface area contributed by atoms with Gasteiger partial charge in [0.15, 0.2) is 0 Å². The predicted molar refractivity (Wildman–Crippen MR) is 117 cm³/mol. The Balaban J connectivity index is 1.30. The number of hydrogen-bond acceptors (Lipinski definition) is 5. The Morgan fingerprint density at radius 2 is 1.90 bits per heavy atom. The highest BCUT2D eigenvalue weighted by atomic mass is 16.5. The molecule has 2 aliphatic rings. The van der Waals surface area contributed by atoms with Crippen LogP contribution in [0.3, 0.4) is 0 Å². The minimum atomic E-state index is 0.240. The van der Waals surface area contributed by atoms with Gasteiger partial charge in [0, 0.05) is 32.9 Å². The van der Waals surface area contributed by atoms with E-state index in [2.05, 4.69) is 47.2 Å². The molecule has 4 atom stereocenters. The number of benzene rings is 1. The van der Waals surface area contributed by atoms with Crippen LogP contribution in [-0.2, 0) is 4.74 Å². The fourth-order valence-electron chi connectivity index (χ4n) is 4.91. The van der Waals surface area contributed by atoms with Crippen LogP contribution in [0, 0.1) is 25.7 Å². The lowest BCUT2D eigenvalue weighted by Gasteiger charge is -2.37. The van der Waals surface area contributed by atoms with E-state index in [0.717, 1.165) is 50.7 Å². The van der Waals surface area contributed by atoms with Crippen LogP contribution in [0.1, 0.15) is 24.0 Å². The van der Waals surface area contributed by atoms with Gasteiger partial charge in [0.25, 0.3) is 0 Å². The van der Waals surface area contributed by atoms with E-state index in [0.29, 0.717) is 17.9 Å². The summed E-state index contributed by atoms with van der Waals surface area (Å²) >= 11 is 0. The van der Waals surface area contributed by atoms with Crippen LogP contribution in [-0.4, -0.2) is 55.4 Å². The maximum Gasteiger partial charge on any atom is 0.126 e. The molecule has 5 heteroatoms. The molecule has 0 amide bonds. The third-order valence-corrected chi connectivity index (χ3v) is 6.71. The summed E-state index contributed by atoms with van der Waals surface area (Å²) < 4.78 is 11.9. The Bertz CT molecular complexity index is 798. The molecule has 1 saturated heterocycles. The largest absolute Gasteiger partial charge is 0.492 e. The number of nitrogens with zero attached hydrogens (tertiary/aromatic N) is 2. The fourth-order valence-corrected chi connectivity index (χ4v) is 4.91. The zero-order valence-corrected chi connectivity index (χ0v) is 17.8. The van der Waals surface area contributed by atoms with E-state index in [-0.39, 0.29) is 6.10 Å². The average molecular weight is 396 g/mol. The number of fused-ring (bicyclic) bond motifs is 1. The van der Waals surface area contributed by atoms with Crippen molar-refractivity contribution < 1.29 is 9.47 Å². The standard InChI is InChI=1S/C24H33N3O2/c1-17-7-6-8-22(18(17)2)29-12-11-27-15-19-13-21(23(28-3)14-20(19)16-27)26-24-9-4-5-10-25-24/h4-10,19-21,23H,11-16H2,1-3H3,(H,25,26)/t19-,20+,21-,23-/m1/s1. The van der Waals surface area contributed by atoms with Crippen molar-refractivity contribution in [2.75, 3.05) is 38.7 Å². The highest BCUT2D eigenvalue weighted by molar-refractivity contribution is 5.38. The molecule has 1 aliphatic carbocycles. The maximum atomic E-state index is 6.09. The van der Waals surface area contributed by atoms with Crippen molar-refractivity contribution in [1.29, 1.82) is 0 Å². The van der Waals surface area contributed by atoms with Crippen molar-refractivity contribution in [3.05, 3.63) is 53.7 Å². The Morgan fingerprint density at radius 3 is 2.66 bits per heavy atom. The molecule has 0 bridgehead atoms. The van der Waals surface area contributed by atoms with E-state index in [1.54, 1.807) is 0 Å². The summed E-state index contributed by atoms with van der Waals surface area (Å²) in [5.74, 6) is 3.38. The quantitative estimate of drug-likeness (QED) is 0.770. The second kappa shape index (κ2) is 9.14. The van der Waals surface area contributed by atoms with E-state index in [1.165, 1.54) is 11.1 Å². The van der Waals surface area contributed by atoms with Gasteiger partial charge in [-0.2, -0.15) is 0 Å². The summed E-state index contributed by atoms with van der Waals surface area (Å²) in [4.78, 5) is 7.00. The van der Waals surface area contributed by atoms with Gasteiger partial charge in [-0.25, -0.2) is 4.98 Å². The van der Waals surface area contributed by atoms with Gasteiger partial charge in [-0.3, -0.25) is 4.90 Å². The number of rotatable bonds is 7. The Hall–Kier alpha value is -2.11. The zero-order valence-electron chi connectivity index (χ0n) is 17.8. The van der Waals surface area contributed by atoms with Crippen molar-refractivity contribution in [2.45, 2.75) is 38.8 Å². The van der Waals surface area contributed by atoms with Gasteiger partial charge in [-0.1, -0.05) is 18.2 Å². The molecule has 1 aromatic carbocycles. The van der Waals surface area contributed by atoms with E-state index in [4.69, 9.17) is 9.47 Å². The predicted octanol–water partition coefficient (Wildman–Crippen LogP) is 3.91. The van der Waals surface area contributed by atoms with Crippen LogP contribution in [0.15, 0.2) is 42.6 Å². The number of anilines is 1. The normalized spacial score (nSPS) is 26.9. The van der Waals surface area contributed by atoms with Crippen molar-refractivity contribution in [2.24, 2.45) is 11.8 Å². The molecule has 29 heavy (non-hydrogen) atoms. The molecular weight excluding hydrogens is 362 g/mol. The lowest BCUT2D eigenvalue weighted by atomic mass is 9.77. The summed E-state index contributed by atoms with van der Waals surface area (Å²) in [6.45, 7) is 8.29. The van der Waals surface area contributed by atoms with Gasteiger partial charge in [0.1, 0.15) is 18.2 Å². The van der Waals surface area contributed by atoms with Gasteiger partial charge in [0.05, 0.1) is 12.1 Å². The highest BCUT2D eigenvalue weighted by Gasteiger charge is 2.42. The lowest BCUT2D eigenvalue weighted by Crippen LogP contribution is -2.44. The summed E-state index contributed by atoms with van der Waals surface area (Å²) in [6.07, 6.45) is 4.32. The minimum absolute atomic E-state index is 0.240. The molecule has 1 saturated carbocycles. The molecule has 1 aromatic heterocycles. The molecule has 1 aliphatic heterocycles. The summed E-state index contributed by atoms with van der Waals surface area (Å²) in [5.41, 5.74) is 2.53. The third-order valence-electron chi connectivity index (χ3n) is 6.71. The molecule has 0 spiro atoms. The SMILES string of the molecule is CO[C@@H]1C[C@H]2CN(CCOc3cccc(C)c3C)C[C@H]2C[C@H]1Nc1ccccn1. The first kappa shape index (κ1) is 20.2. The number of methoxy groups -OCH3 is 1. The number of likely N-dealkylation sites (tertiary alicyclic amines) is 1. The fraction of sp³-hybridized carbons (Fsp3) is 0.542. The van der Waals surface area contributed by atoms with Crippen molar-refractivity contribution in [1.82, 2.24) is 9.88 Å². The van der Waals surface area contributed by atoms with Crippen molar-refractivity contribution >= 4 is 5.82 Å². The first-order valence-electron chi connectivity index (χ1n) is 10.8. The van der Waals surface area contributed by atoms with Gasteiger partial charge < -0.3 is 14.8 Å². The van der Waals surface area contributed by atoms with E-state index in [1.807, 2.05) is 31.5 Å². The Labute approximate surface area is 174 Å². The second-order valence-corrected chi connectivity index (χ2v) is 8.54. The molecule has 1 N–H and O–H groups in total. The number of aryl methyl sites for hydroxylation is 1. The van der Waals surface area contributed by atoms with Crippen molar-refractivity contribution in [3.63, 3.8) is 0 Å². The highest BCUT2D eigenvalue weighted by Crippen LogP contribution is 2.38. The molecular formula is C24H33N3O2. The summed E-state index contributed by atoms with van der Waals surface area (Å²) in [6, 6.07) is 12.6. The third kappa shape index (κ3) is 4.73. The maximum absolute atomic E-state index is 6.09. The molecule has 2 aromatic rings. The van der Waals surface area contributed by atoms with E-state index >= 15 is 0 Å². The van der Waals surface area contributed by atoms with E-state index < -0.39 is 0 Å². The summed E-state index contributed by atoms with van der Waals surface area (Å²) in [7, 11) is 1.84. The molecule has 0 unspecified atom stereocenters. The van der Waals surface area contributed by atoms with Crippen LogP contribution < -0.4 is 10.1 Å². The Kier molecular flexibility index (Phi) is 6.36. The molecule has 2 fully saturated rings. The average Bonchev–Trinajstić information content (AvgIpc) is 3.13. The van der Waals surface area contributed by atoms with E-state index in [9.17, 15) is 0 Å². The molecule has 5 nitrogen and oxygen atoms in total. The Morgan fingerprint density at radius 1 is 1.07 bits per heavy atom. The molecule has 2 heterocycles. The van der Waals surface area contributed by atoms with Gasteiger partial charge in [-0.05, 0) is 67.9 Å². The first-order valence-corrected chi connectivity index (χ1v) is 10.8. The molecule has 156 valence electrons. The van der Waals surface area contributed by atoms with Crippen LogP contribution in [0.5, 0.6) is 5.75 Å². The monoisotopic (exact) mass is 395 g/mol. The minimum Gasteiger partial charge on any atom is -0.492 e. The van der Waals surface area contributed by atoms with Gasteiger partial charge >= 0.3 is 0 Å². The molecule has 0 radical (unpaired) electrons. The van der Waals surface area contributed by atoms with Crippen LogP contribution in [0.25, 0.3) is 0 Å². The molecule has 4 rings (SSSR count). The summed E-state index contributed by atoms with van der Waals surface area (Å²) in [5, 5.41) is 3.61. The van der Waals surface area contributed by atoms with Crippen LogP contribution in [0.2, 0.25) is 0 Å². The van der Waals surface area contributed by atoms with Crippen molar-refractivity contribution in [3.8, 4) is 5.75 Å². The smallest absolute Gasteiger partial charge is 0.126 e. The van der Waals surface area contributed by atoms with Crippen LogP contribution >= 0.6 is 0 Å². The number of ether oxygens (including phenoxy) is 2.